The third kappa shape index (κ3) is 1.68. The summed E-state index contributed by atoms with van der Waals surface area (Å²) in [6, 6.07) is -0.314. The van der Waals surface area contributed by atoms with E-state index >= 15 is 0 Å². The zero-order valence-electron chi connectivity index (χ0n) is 8.58. The number of anilines is 1. The highest BCUT2D eigenvalue weighted by atomic mass is 16.1. The highest BCUT2D eigenvalue weighted by molar-refractivity contribution is 5.78. The van der Waals surface area contributed by atoms with Gasteiger partial charge in [-0.3, -0.25) is 9.89 Å². The summed E-state index contributed by atoms with van der Waals surface area (Å²) >= 11 is 0. The molecule has 1 amide bonds. The monoisotopic (exact) mass is 209 g/mol. The van der Waals surface area contributed by atoms with Crippen LogP contribution >= 0.6 is 0 Å². The van der Waals surface area contributed by atoms with Crippen molar-refractivity contribution in [3.05, 3.63) is 11.3 Å². The van der Waals surface area contributed by atoms with E-state index in [9.17, 15) is 4.79 Å². The van der Waals surface area contributed by atoms with E-state index in [1.165, 1.54) is 0 Å². The van der Waals surface area contributed by atoms with Crippen molar-refractivity contribution in [2.45, 2.75) is 31.8 Å². The summed E-state index contributed by atoms with van der Waals surface area (Å²) in [7, 11) is 0. The summed E-state index contributed by atoms with van der Waals surface area (Å²) in [5, 5.41) is 9.51. The molecule has 1 aromatic rings. The minimum absolute atomic E-state index is 0.0314. The Labute approximate surface area is 87.4 Å². The molecule has 0 aliphatic carbocycles. The number of nitrogens with two attached hydrogens (primary N) is 2. The Hall–Kier alpha value is -1.56. The third-order valence-electron chi connectivity index (χ3n) is 2.82. The number of H-pyrrole nitrogens is 1. The molecule has 2 rings (SSSR count). The van der Waals surface area contributed by atoms with Crippen LogP contribution in [0.1, 0.15) is 30.1 Å². The van der Waals surface area contributed by atoms with Crippen LogP contribution in [-0.4, -0.2) is 22.1 Å². The summed E-state index contributed by atoms with van der Waals surface area (Å²) in [4.78, 5) is 11.1. The fraction of sp³-hybridized carbons (Fsp3) is 0.556. The lowest BCUT2D eigenvalue weighted by Gasteiger charge is -2.19. The first-order valence-electron chi connectivity index (χ1n) is 4.95. The molecule has 0 radical (unpaired) electrons. The predicted octanol–water partition coefficient (Wildman–Crippen LogP) is -0.421. The number of nitrogens with one attached hydrogen (secondary N) is 2. The number of nitrogen functional groups attached to an aromatic ring is 1. The average molecular weight is 209 g/mol. The van der Waals surface area contributed by atoms with Gasteiger partial charge < -0.3 is 16.8 Å². The first-order valence-corrected chi connectivity index (χ1v) is 4.95. The molecule has 2 heterocycles. The molecule has 0 saturated carbocycles. The Morgan fingerprint density at radius 1 is 1.60 bits per heavy atom. The maximum absolute atomic E-state index is 11.1. The predicted molar refractivity (Wildman–Crippen MR) is 55.8 cm³/mol. The molecule has 0 aromatic carbocycles. The second-order valence-electron chi connectivity index (χ2n) is 3.89. The van der Waals surface area contributed by atoms with Gasteiger partial charge in [0.05, 0.1) is 6.04 Å². The van der Waals surface area contributed by atoms with Crippen molar-refractivity contribution in [1.29, 1.82) is 0 Å². The van der Waals surface area contributed by atoms with Crippen LogP contribution in [0.3, 0.4) is 0 Å². The number of rotatable bonds is 2. The van der Waals surface area contributed by atoms with Crippen LogP contribution in [0.2, 0.25) is 0 Å². The standard InChI is InChI=1S/C9H15N5O/c1-4-7(9(11)14-13-4)8(10)5-2-3-6(15)12-5/h5,8H,2-3,10H2,1H3,(H,12,15)(H3,11,13,14)/t5-,8+/m1/s1. The van der Waals surface area contributed by atoms with Crippen molar-refractivity contribution in [2.24, 2.45) is 5.73 Å². The number of carbonyl (C=O) groups is 1. The van der Waals surface area contributed by atoms with Crippen molar-refractivity contribution < 1.29 is 4.79 Å². The first kappa shape index (κ1) is 9.97. The fourth-order valence-electron chi connectivity index (χ4n) is 1.99. The summed E-state index contributed by atoms with van der Waals surface area (Å²) < 4.78 is 0. The maximum Gasteiger partial charge on any atom is 0.220 e. The van der Waals surface area contributed by atoms with E-state index in [1.807, 2.05) is 6.92 Å². The molecule has 6 heteroatoms. The highest BCUT2D eigenvalue weighted by Crippen LogP contribution is 2.26. The normalized spacial score (nSPS) is 22.8. The molecule has 1 aromatic heterocycles. The van der Waals surface area contributed by atoms with Crippen LogP contribution in [0.5, 0.6) is 0 Å². The van der Waals surface area contributed by atoms with Gasteiger partial charge in [0.25, 0.3) is 0 Å². The Balaban J connectivity index is 2.20. The van der Waals surface area contributed by atoms with Crippen LogP contribution in [0, 0.1) is 6.92 Å². The van der Waals surface area contributed by atoms with E-state index in [2.05, 4.69) is 15.5 Å². The molecule has 0 bridgehead atoms. The molecular weight excluding hydrogens is 194 g/mol. The molecule has 6 nitrogen and oxygen atoms in total. The molecule has 0 unspecified atom stereocenters. The van der Waals surface area contributed by atoms with Gasteiger partial charge >= 0.3 is 0 Å². The summed E-state index contributed by atoms with van der Waals surface area (Å²) in [6.45, 7) is 1.87. The van der Waals surface area contributed by atoms with Crippen LogP contribution in [0.25, 0.3) is 0 Å². The van der Waals surface area contributed by atoms with E-state index < -0.39 is 0 Å². The lowest BCUT2D eigenvalue weighted by molar-refractivity contribution is -0.119. The van der Waals surface area contributed by atoms with Gasteiger partial charge in [0.1, 0.15) is 5.82 Å². The molecule has 6 N–H and O–H groups in total. The summed E-state index contributed by atoms with van der Waals surface area (Å²) in [5.74, 6) is 0.469. The zero-order valence-corrected chi connectivity index (χ0v) is 8.58. The van der Waals surface area contributed by atoms with Crippen LogP contribution < -0.4 is 16.8 Å². The minimum atomic E-state index is -0.282. The molecule has 0 spiro atoms. The van der Waals surface area contributed by atoms with Gasteiger partial charge in [0.15, 0.2) is 0 Å². The molecule has 2 atom stereocenters. The van der Waals surface area contributed by atoms with E-state index in [1.54, 1.807) is 0 Å². The van der Waals surface area contributed by atoms with Crippen LogP contribution in [-0.2, 0) is 4.79 Å². The zero-order chi connectivity index (χ0) is 11.0. The van der Waals surface area contributed by atoms with Crippen molar-refractivity contribution in [3.63, 3.8) is 0 Å². The highest BCUT2D eigenvalue weighted by Gasteiger charge is 2.30. The number of amides is 1. The second-order valence-corrected chi connectivity index (χ2v) is 3.89. The molecule has 1 aliphatic rings. The molecule has 1 saturated heterocycles. The molecule has 1 aliphatic heterocycles. The maximum atomic E-state index is 11.1. The Morgan fingerprint density at radius 2 is 2.33 bits per heavy atom. The van der Waals surface area contributed by atoms with Gasteiger partial charge in [0, 0.05) is 23.7 Å². The van der Waals surface area contributed by atoms with Gasteiger partial charge in [-0.05, 0) is 13.3 Å². The first-order chi connectivity index (χ1) is 7.09. The Kier molecular flexibility index (Phi) is 2.36. The van der Waals surface area contributed by atoms with Gasteiger partial charge in [-0.1, -0.05) is 0 Å². The Bertz CT molecular complexity index is 366. The van der Waals surface area contributed by atoms with Gasteiger partial charge in [0.2, 0.25) is 5.91 Å². The lowest BCUT2D eigenvalue weighted by Crippen LogP contribution is -2.36. The van der Waals surface area contributed by atoms with Crippen molar-refractivity contribution >= 4 is 11.7 Å². The molecule has 1 fully saturated rings. The van der Waals surface area contributed by atoms with Crippen molar-refractivity contribution in [2.75, 3.05) is 5.73 Å². The van der Waals surface area contributed by atoms with E-state index in [0.29, 0.717) is 12.2 Å². The summed E-state index contributed by atoms with van der Waals surface area (Å²) in [5.41, 5.74) is 13.4. The number of hydrogen-bond donors (Lipinski definition) is 4. The van der Waals surface area contributed by atoms with Gasteiger partial charge in [-0.25, -0.2) is 0 Å². The molecular formula is C9H15N5O. The number of hydrogen-bond acceptors (Lipinski definition) is 4. The van der Waals surface area contributed by atoms with E-state index in [0.717, 1.165) is 17.7 Å². The van der Waals surface area contributed by atoms with Crippen molar-refractivity contribution in [3.8, 4) is 0 Å². The average Bonchev–Trinajstić information content (AvgIpc) is 2.73. The number of aromatic amines is 1. The van der Waals surface area contributed by atoms with Gasteiger partial charge in [-0.15, -0.1) is 0 Å². The van der Waals surface area contributed by atoms with Crippen molar-refractivity contribution in [1.82, 2.24) is 15.5 Å². The van der Waals surface area contributed by atoms with E-state index in [4.69, 9.17) is 11.5 Å². The number of aromatic nitrogens is 2. The topological polar surface area (TPSA) is 110 Å². The largest absolute Gasteiger partial charge is 0.382 e. The Morgan fingerprint density at radius 3 is 2.80 bits per heavy atom. The van der Waals surface area contributed by atoms with Gasteiger partial charge in [-0.2, -0.15) is 5.10 Å². The summed E-state index contributed by atoms with van der Waals surface area (Å²) in [6.07, 6.45) is 1.29. The number of nitrogens with zero attached hydrogens (tertiary/aromatic N) is 1. The minimum Gasteiger partial charge on any atom is -0.382 e. The molecule has 15 heavy (non-hydrogen) atoms. The quantitative estimate of drug-likeness (QED) is 0.530. The fourth-order valence-corrected chi connectivity index (χ4v) is 1.99. The second kappa shape index (κ2) is 3.54. The SMILES string of the molecule is Cc1[nH]nc(N)c1[C@@H](N)[C@H]1CCC(=O)N1. The van der Waals surface area contributed by atoms with Crippen LogP contribution in [0.15, 0.2) is 0 Å². The third-order valence-corrected chi connectivity index (χ3v) is 2.82. The smallest absolute Gasteiger partial charge is 0.220 e. The molecule has 82 valence electrons. The van der Waals surface area contributed by atoms with E-state index in [-0.39, 0.29) is 18.0 Å². The number of aryl methyl sites for hydroxylation is 1. The number of carbonyl (C=O) groups excluding carboxylic acids is 1. The van der Waals surface area contributed by atoms with Crippen LogP contribution in [0.4, 0.5) is 5.82 Å². The lowest BCUT2D eigenvalue weighted by atomic mass is 9.99.